The summed E-state index contributed by atoms with van der Waals surface area (Å²) >= 11 is 0. The van der Waals surface area contributed by atoms with Crippen LogP contribution in [0, 0.1) is 0 Å². The van der Waals surface area contributed by atoms with Gasteiger partial charge in [-0.3, -0.25) is 9.89 Å². The highest BCUT2D eigenvalue weighted by Gasteiger charge is 2.39. The smallest absolute Gasteiger partial charge is 0.233 e. The zero-order chi connectivity index (χ0) is 16.3. The summed E-state index contributed by atoms with van der Waals surface area (Å²) in [7, 11) is 0. The molecule has 0 saturated heterocycles. The molecule has 132 valence electrons. The van der Waals surface area contributed by atoms with Crippen molar-refractivity contribution in [1.29, 1.82) is 0 Å². The van der Waals surface area contributed by atoms with Crippen LogP contribution in [0.3, 0.4) is 0 Å². The summed E-state index contributed by atoms with van der Waals surface area (Å²) in [6, 6.07) is 17.1. The molecule has 0 aliphatic carbocycles. The second-order valence-corrected chi connectivity index (χ2v) is 5.40. The van der Waals surface area contributed by atoms with E-state index in [1.54, 1.807) is 6.20 Å². The first-order chi connectivity index (χ1) is 11.2. The Morgan fingerprint density at radius 2 is 1.56 bits per heavy atom. The number of hydrogen-bond donors (Lipinski definition) is 3. The lowest BCUT2D eigenvalue weighted by Gasteiger charge is -2.30. The minimum absolute atomic E-state index is 0. The number of nitrogens with one attached hydrogen (secondary N) is 1. The van der Waals surface area contributed by atoms with Gasteiger partial charge in [0, 0.05) is 18.3 Å². The molecule has 5 N–H and O–H groups in total. The van der Waals surface area contributed by atoms with E-state index in [4.69, 9.17) is 11.5 Å². The van der Waals surface area contributed by atoms with E-state index in [1.165, 1.54) is 0 Å². The zero-order valence-corrected chi connectivity index (χ0v) is 15.0. The van der Waals surface area contributed by atoms with Gasteiger partial charge in [-0.2, -0.15) is 5.10 Å². The van der Waals surface area contributed by atoms with Crippen molar-refractivity contribution in [2.24, 2.45) is 11.5 Å². The van der Waals surface area contributed by atoms with Crippen molar-refractivity contribution in [2.75, 3.05) is 6.54 Å². The highest BCUT2D eigenvalue weighted by atomic mass is 35.5. The number of carbonyl (C=O) groups excluding carboxylic acids is 1. The fourth-order valence-corrected chi connectivity index (χ4v) is 2.87. The number of primary amides is 1. The van der Waals surface area contributed by atoms with E-state index < -0.39 is 11.3 Å². The number of rotatable bonds is 5. The first-order valence-corrected chi connectivity index (χ1v) is 7.33. The average molecular weight is 379 g/mol. The molecule has 7 heteroatoms. The third kappa shape index (κ3) is 3.69. The van der Waals surface area contributed by atoms with Crippen molar-refractivity contribution in [2.45, 2.75) is 5.41 Å². The molecule has 1 unspecified atom stereocenters. The summed E-state index contributed by atoms with van der Waals surface area (Å²) in [5, 5.41) is 6.73. The van der Waals surface area contributed by atoms with E-state index in [-0.39, 0.29) is 31.4 Å². The van der Waals surface area contributed by atoms with Gasteiger partial charge in [0.2, 0.25) is 5.91 Å². The number of carbonyl (C=O) groups is 1. The molecule has 3 aromatic rings. The van der Waals surface area contributed by atoms with Crippen LogP contribution in [0.1, 0.15) is 11.1 Å². The van der Waals surface area contributed by atoms with Crippen LogP contribution >= 0.6 is 24.8 Å². The minimum atomic E-state index is -1.03. The van der Waals surface area contributed by atoms with Crippen molar-refractivity contribution >= 4 is 30.7 Å². The number of benzene rings is 2. The molecule has 1 amide bonds. The predicted molar refractivity (Wildman–Crippen MR) is 104 cm³/mol. The Kier molecular flexibility index (Phi) is 7.18. The molecular formula is C18H20Cl2N4O. The molecule has 3 rings (SSSR count). The summed E-state index contributed by atoms with van der Waals surface area (Å²) in [5.41, 5.74) is 14.3. The van der Waals surface area contributed by atoms with Gasteiger partial charge in [-0.1, -0.05) is 54.6 Å². The summed E-state index contributed by atoms with van der Waals surface area (Å²) in [5.74, 6) is -0.456. The molecule has 0 saturated carbocycles. The van der Waals surface area contributed by atoms with Crippen molar-refractivity contribution in [1.82, 2.24) is 10.2 Å². The number of halogens is 2. The SMILES string of the molecule is Cl.Cl.NCC(C(N)=O)(c1ccccc1)c1ccc(-c2cn[nH]c2)cc1. The molecule has 0 radical (unpaired) electrons. The van der Waals surface area contributed by atoms with Crippen LogP contribution in [0.25, 0.3) is 11.1 Å². The van der Waals surface area contributed by atoms with Gasteiger partial charge in [0.05, 0.1) is 6.20 Å². The molecule has 0 aliphatic heterocycles. The van der Waals surface area contributed by atoms with Crippen molar-refractivity contribution < 1.29 is 4.79 Å². The monoisotopic (exact) mass is 378 g/mol. The molecule has 0 aliphatic rings. The summed E-state index contributed by atoms with van der Waals surface area (Å²) in [6.07, 6.45) is 3.56. The Balaban J connectivity index is 0.00000156. The highest BCUT2D eigenvalue weighted by molar-refractivity contribution is 5.91. The number of amides is 1. The van der Waals surface area contributed by atoms with Crippen LogP contribution in [0.5, 0.6) is 0 Å². The molecule has 0 bridgehead atoms. The quantitative estimate of drug-likeness (QED) is 0.636. The normalized spacial score (nSPS) is 12.4. The summed E-state index contributed by atoms with van der Waals surface area (Å²) in [4.78, 5) is 12.3. The Morgan fingerprint density at radius 1 is 0.960 bits per heavy atom. The Hall–Kier alpha value is -2.34. The number of nitrogens with zero attached hydrogens (tertiary/aromatic N) is 1. The van der Waals surface area contributed by atoms with E-state index in [9.17, 15) is 4.79 Å². The molecule has 1 atom stereocenters. The van der Waals surface area contributed by atoms with E-state index >= 15 is 0 Å². The largest absolute Gasteiger partial charge is 0.369 e. The number of aromatic nitrogens is 2. The Morgan fingerprint density at radius 3 is 2.04 bits per heavy atom. The van der Waals surface area contributed by atoms with Crippen molar-refractivity contribution in [3.8, 4) is 11.1 Å². The molecule has 0 spiro atoms. The number of aromatic amines is 1. The third-order valence-corrected chi connectivity index (χ3v) is 4.20. The molecule has 5 nitrogen and oxygen atoms in total. The third-order valence-electron chi connectivity index (χ3n) is 4.20. The summed E-state index contributed by atoms with van der Waals surface area (Å²) in [6.45, 7) is 0.109. The van der Waals surface area contributed by atoms with Crippen LogP contribution in [-0.4, -0.2) is 22.6 Å². The van der Waals surface area contributed by atoms with Crippen LogP contribution < -0.4 is 11.5 Å². The standard InChI is InChI=1S/C18H18N4O.2ClH/c19-12-18(17(20)23,15-4-2-1-3-5-15)16-8-6-13(7-9-16)14-10-21-22-11-14;;/h1-11H,12,19H2,(H2,20,23)(H,21,22);2*1H. The first-order valence-electron chi connectivity index (χ1n) is 7.33. The van der Waals surface area contributed by atoms with E-state index in [0.29, 0.717) is 0 Å². The first kappa shape index (κ1) is 20.7. The number of hydrogen-bond acceptors (Lipinski definition) is 3. The lowest BCUT2D eigenvalue weighted by Crippen LogP contribution is -2.48. The van der Waals surface area contributed by atoms with Crippen molar-refractivity contribution in [3.05, 3.63) is 78.1 Å². The van der Waals surface area contributed by atoms with Gasteiger partial charge in [-0.05, 0) is 16.7 Å². The maximum absolute atomic E-state index is 12.3. The Bertz CT molecular complexity index is 792. The van der Waals surface area contributed by atoms with Gasteiger partial charge in [0.1, 0.15) is 5.41 Å². The van der Waals surface area contributed by atoms with Gasteiger partial charge >= 0.3 is 0 Å². The fourth-order valence-electron chi connectivity index (χ4n) is 2.87. The maximum Gasteiger partial charge on any atom is 0.233 e. The molecule has 1 aromatic heterocycles. The van der Waals surface area contributed by atoms with Crippen LogP contribution in [0.4, 0.5) is 0 Å². The van der Waals surface area contributed by atoms with Gasteiger partial charge in [0.15, 0.2) is 0 Å². The lowest BCUT2D eigenvalue weighted by atomic mass is 9.73. The number of nitrogens with two attached hydrogens (primary N) is 2. The second kappa shape index (κ2) is 8.67. The maximum atomic E-state index is 12.3. The van der Waals surface area contributed by atoms with Gasteiger partial charge in [-0.25, -0.2) is 0 Å². The highest BCUT2D eigenvalue weighted by Crippen LogP contribution is 2.32. The molecule has 1 heterocycles. The average Bonchev–Trinajstić information content (AvgIpc) is 3.12. The van der Waals surface area contributed by atoms with Gasteiger partial charge in [0.25, 0.3) is 0 Å². The molecule has 0 fully saturated rings. The topological polar surface area (TPSA) is 97.8 Å². The number of H-pyrrole nitrogens is 1. The van der Waals surface area contributed by atoms with Gasteiger partial charge < -0.3 is 11.5 Å². The Labute approximate surface area is 158 Å². The molecule has 2 aromatic carbocycles. The zero-order valence-electron chi connectivity index (χ0n) is 13.4. The van der Waals surface area contributed by atoms with Crippen LogP contribution in [-0.2, 0) is 10.2 Å². The minimum Gasteiger partial charge on any atom is -0.369 e. The lowest BCUT2D eigenvalue weighted by molar-refractivity contribution is -0.121. The predicted octanol–water partition coefficient (Wildman–Crippen LogP) is 2.65. The van der Waals surface area contributed by atoms with E-state index in [0.717, 1.165) is 22.3 Å². The molecule has 25 heavy (non-hydrogen) atoms. The molecular weight excluding hydrogens is 359 g/mol. The van der Waals surface area contributed by atoms with Crippen LogP contribution in [0.15, 0.2) is 67.0 Å². The van der Waals surface area contributed by atoms with Gasteiger partial charge in [-0.15, -0.1) is 24.8 Å². The van der Waals surface area contributed by atoms with Crippen molar-refractivity contribution in [3.63, 3.8) is 0 Å². The van der Waals surface area contributed by atoms with E-state index in [2.05, 4.69) is 10.2 Å². The second-order valence-electron chi connectivity index (χ2n) is 5.40. The fraction of sp³-hybridized carbons (Fsp3) is 0.111. The van der Waals surface area contributed by atoms with Crippen LogP contribution in [0.2, 0.25) is 0 Å². The van der Waals surface area contributed by atoms with E-state index in [1.807, 2.05) is 60.8 Å². The summed E-state index contributed by atoms with van der Waals surface area (Å²) < 4.78 is 0.